The molecular weight excluding hydrogens is 400 g/mol. The van der Waals surface area contributed by atoms with Gasteiger partial charge in [0.05, 0.1) is 12.5 Å². The van der Waals surface area contributed by atoms with Crippen molar-refractivity contribution in [1.29, 1.82) is 0 Å². The van der Waals surface area contributed by atoms with E-state index in [0.717, 1.165) is 13.0 Å². The third kappa shape index (κ3) is 7.06. The summed E-state index contributed by atoms with van der Waals surface area (Å²) in [6.45, 7) is 8.20. The second-order valence-electron chi connectivity index (χ2n) is 9.95. The van der Waals surface area contributed by atoms with Crippen LogP contribution in [0, 0.1) is 0 Å². The first kappa shape index (κ1) is 25.3. The summed E-state index contributed by atoms with van der Waals surface area (Å²) < 4.78 is 2.52. The van der Waals surface area contributed by atoms with Gasteiger partial charge in [0, 0.05) is 5.41 Å². The van der Waals surface area contributed by atoms with E-state index in [2.05, 4.69) is 103 Å². The van der Waals surface area contributed by atoms with Gasteiger partial charge < -0.3 is 0 Å². The molecule has 0 bridgehead atoms. The fraction of sp³-hybridized carbons (Fsp3) is 0.516. The number of aromatic nitrogens is 2. The quantitative estimate of drug-likeness (QED) is 0.180. The maximum absolute atomic E-state index is 3.71. The Morgan fingerprint density at radius 2 is 1.42 bits per heavy atom. The molecule has 1 aromatic heterocycles. The van der Waals surface area contributed by atoms with E-state index in [1.807, 2.05) is 0 Å². The zero-order valence-corrected chi connectivity index (χ0v) is 21.2. The highest BCUT2D eigenvalue weighted by molar-refractivity contribution is 5.32. The number of nitrogens with one attached hydrogen (secondary N) is 1. The van der Waals surface area contributed by atoms with Crippen molar-refractivity contribution in [3.63, 3.8) is 0 Å². The molecule has 2 aromatic carbocycles. The van der Waals surface area contributed by atoms with E-state index in [1.54, 1.807) is 0 Å². The lowest BCUT2D eigenvalue weighted by Crippen LogP contribution is -2.43. The first-order valence-electron chi connectivity index (χ1n) is 13.3. The third-order valence-electron chi connectivity index (χ3n) is 7.34. The van der Waals surface area contributed by atoms with Gasteiger partial charge in [0.15, 0.2) is 0 Å². The Kier molecular flexibility index (Phi) is 10.2. The Bertz CT molecular complexity index is 899. The average molecular weight is 446 g/mol. The number of imidazole rings is 1. The van der Waals surface area contributed by atoms with Crippen LogP contribution in [0.3, 0.4) is 0 Å². The summed E-state index contributed by atoms with van der Waals surface area (Å²) >= 11 is 0. The van der Waals surface area contributed by atoms with E-state index in [-0.39, 0.29) is 5.41 Å². The Hall–Kier alpha value is -2.35. The molecule has 2 unspecified atom stereocenters. The summed E-state index contributed by atoms with van der Waals surface area (Å²) in [5.41, 5.74) is 2.88. The van der Waals surface area contributed by atoms with E-state index in [0.29, 0.717) is 5.92 Å². The van der Waals surface area contributed by atoms with Crippen LogP contribution in [0.25, 0.3) is 0 Å². The van der Waals surface area contributed by atoms with Crippen LogP contribution in [-0.2, 0) is 18.4 Å². The molecule has 0 radical (unpaired) electrons. The Morgan fingerprint density at radius 3 is 2.09 bits per heavy atom. The van der Waals surface area contributed by atoms with Crippen molar-refractivity contribution < 1.29 is 4.57 Å². The predicted molar refractivity (Wildman–Crippen MR) is 141 cm³/mol. The van der Waals surface area contributed by atoms with Gasteiger partial charge >= 0.3 is 0 Å². The van der Waals surface area contributed by atoms with Crippen molar-refractivity contribution in [2.24, 2.45) is 0 Å². The van der Waals surface area contributed by atoms with Crippen LogP contribution < -0.4 is 4.57 Å². The molecule has 0 aliphatic carbocycles. The standard InChI is InChI=1S/C31H44N2/c1-4-6-8-16-22-29(30-32-23-25-33(30)24-17-9-7-5-2)31(3,28-20-14-11-15-21-28)26-27-18-12-10-13-19-27/h10-15,18-21,23,25,29H,4-9,16-17,22,24,26H2,1-3H3/p+1. The van der Waals surface area contributed by atoms with Crippen molar-refractivity contribution in [2.75, 3.05) is 0 Å². The fourth-order valence-corrected chi connectivity index (χ4v) is 5.38. The summed E-state index contributed by atoms with van der Waals surface area (Å²) in [6, 6.07) is 22.3. The number of aromatic amines is 1. The van der Waals surface area contributed by atoms with E-state index in [4.69, 9.17) is 0 Å². The molecule has 2 nitrogen and oxygen atoms in total. The molecule has 3 aromatic rings. The molecule has 0 fully saturated rings. The van der Waals surface area contributed by atoms with Gasteiger partial charge in [0.2, 0.25) is 0 Å². The summed E-state index contributed by atoms with van der Waals surface area (Å²) in [4.78, 5) is 3.71. The van der Waals surface area contributed by atoms with Crippen LogP contribution in [0.5, 0.6) is 0 Å². The predicted octanol–water partition coefficient (Wildman–Crippen LogP) is 8.14. The summed E-state index contributed by atoms with van der Waals surface area (Å²) in [7, 11) is 0. The maximum Gasteiger partial charge on any atom is 0.258 e. The largest absolute Gasteiger partial charge is 0.258 e. The van der Waals surface area contributed by atoms with E-state index in [9.17, 15) is 0 Å². The lowest BCUT2D eigenvalue weighted by atomic mass is 9.66. The Morgan fingerprint density at radius 1 is 0.788 bits per heavy atom. The van der Waals surface area contributed by atoms with Crippen LogP contribution in [-0.4, -0.2) is 4.98 Å². The molecule has 2 atom stereocenters. The zero-order chi connectivity index (χ0) is 23.4. The van der Waals surface area contributed by atoms with Crippen molar-refractivity contribution >= 4 is 0 Å². The third-order valence-corrected chi connectivity index (χ3v) is 7.34. The lowest BCUT2D eigenvalue weighted by molar-refractivity contribution is -0.705. The second kappa shape index (κ2) is 13.4. The van der Waals surface area contributed by atoms with Gasteiger partial charge in [-0.15, -0.1) is 0 Å². The maximum atomic E-state index is 3.71. The molecular formula is C31H45N2+. The number of H-pyrrole nitrogens is 1. The van der Waals surface area contributed by atoms with Crippen LogP contribution in [0.2, 0.25) is 0 Å². The van der Waals surface area contributed by atoms with Crippen molar-refractivity contribution in [3.8, 4) is 0 Å². The van der Waals surface area contributed by atoms with Crippen LogP contribution in [0.4, 0.5) is 0 Å². The smallest absolute Gasteiger partial charge is 0.247 e. The number of unbranched alkanes of at least 4 members (excludes halogenated alkanes) is 6. The second-order valence-corrected chi connectivity index (χ2v) is 9.95. The molecule has 178 valence electrons. The molecule has 1 N–H and O–H groups in total. The highest BCUT2D eigenvalue weighted by atomic mass is 15.1. The first-order chi connectivity index (χ1) is 16.2. The Labute approximate surface area is 202 Å². The summed E-state index contributed by atoms with van der Waals surface area (Å²) in [6.07, 6.45) is 17.1. The number of aryl methyl sites for hydroxylation is 1. The van der Waals surface area contributed by atoms with Gasteiger partial charge in [-0.05, 0) is 36.8 Å². The molecule has 3 rings (SSSR count). The Balaban J connectivity index is 1.97. The van der Waals surface area contributed by atoms with Gasteiger partial charge in [-0.2, -0.15) is 0 Å². The van der Waals surface area contributed by atoms with Crippen molar-refractivity contribution in [2.45, 2.75) is 103 Å². The van der Waals surface area contributed by atoms with E-state index >= 15 is 0 Å². The minimum absolute atomic E-state index is 0.0187. The van der Waals surface area contributed by atoms with Crippen molar-refractivity contribution in [3.05, 3.63) is 90.0 Å². The molecule has 0 aliphatic rings. The van der Waals surface area contributed by atoms with Gasteiger partial charge in [-0.3, -0.25) is 0 Å². The molecule has 0 spiro atoms. The summed E-state index contributed by atoms with van der Waals surface area (Å²) in [5, 5.41) is 0. The van der Waals surface area contributed by atoms with Crippen LogP contribution in [0.1, 0.15) is 101 Å². The van der Waals surface area contributed by atoms with Crippen LogP contribution in [0.15, 0.2) is 73.1 Å². The van der Waals surface area contributed by atoms with Crippen LogP contribution >= 0.6 is 0 Å². The first-order valence-corrected chi connectivity index (χ1v) is 13.3. The molecule has 2 heteroatoms. The number of hydrogen-bond acceptors (Lipinski definition) is 0. The fourth-order valence-electron chi connectivity index (χ4n) is 5.38. The molecule has 0 amide bonds. The van der Waals surface area contributed by atoms with Gasteiger partial charge in [0.1, 0.15) is 12.4 Å². The molecule has 0 aliphatic heterocycles. The molecule has 0 saturated carbocycles. The van der Waals surface area contributed by atoms with Gasteiger partial charge in [-0.25, -0.2) is 9.55 Å². The van der Waals surface area contributed by atoms with E-state index in [1.165, 1.54) is 74.7 Å². The highest BCUT2D eigenvalue weighted by Gasteiger charge is 2.41. The van der Waals surface area contributed by atoms with Gasteiger partial charge in [-0.1, -0.05) is 120 Å². The highest BCUT2D eigenvalue weighted by Crippen LogP contribution is 2.43. The zero-order valence-electron chi connectivity index (χ0n) is 21.2. The molecule has 0 saturated heterocycles. The summed E-state index contributed by atoms with van der Waals surface area (Å²) in [5.74, 6) is 1.85. The normalized spacial score (nSPS) is 14.2. The number of benzene rings is 2. The SMILES string of the molecule is CCCCCCC(c1[nH]cc[n+]1CCCCCC)C(C)(Cc1ccccc1)c1ccccc1. The lowest BCUT2D eigenvalue weighted by Gasteiger charge is -2.37. The average Bonchev–Trinajstić information content (AvgIpc) is 3.31. The minimum Gasteiger partial charge on any atom is -0.247 e. The van der Waals surface area contributed by atoms with E-state index < -0.39 is 0 Å². The molecule has 33 heavy (non-hydrogen) atoms. The minimum atomic E-state index is 0.0187. The molecule has 1 heterocycles. The number of rotatable bonds is 15. The topological polar surface area (TPSA) is 19.7 Å². The number of nitrogens with zero attached hydrogens (tertiary/aromatic N) is 1. The number of hydrogen-bond donors (Lipinski definition) is 1. The monoisotopic (exact) mass is 445 g/mol. The van der Waals surface area contributed by atoms with Crippen molar-refractivity contribution in [1.82, 2.24) is 4.98 Å². The van der Waals surface area contributed by atoms with Gasteiger partial charge in [0.25, 0.3) is 5.82 Å².